The van der Waals surface area contributed by atoms with Gasteiger partial charge in [-0.2, -0.15) is 5.10 Å². The van der Waals surface area contributed by atoms with Gasteiger partial charge in [-0.25, -0.2) is 9.07 Å². The molecule has 2 aromatic heterocycles. The van der Waals surface area contributed by atoms with Crippen LogP contribution in [0.2, 0.25) is 5.02 Å². The minimum Gasteiger partial charge on any atom is -0.338 e. The number of carbonyl (C=O) groups excluding carboxylic acids is 1. The van der Waals surface area contributed by atoms with Crippen LogP contribution < -0.4 is 0 Å². The second-order valence-corrected chi connectivity index (χ2v) is 8.18. The first-order valence-electron chi connectivity index (χ1n) is 10.4. The van der Waals surface area contributed by atoms with Crippen molar-refractivity contribution in [3.63, 3.8) is 0 Å². The van der Waals surface area contributed by atoms with E-state index in [0.29, 0.717) is 40.4 Å². The first-order chi connectivity index (χ1) is 15.1. The van der Waals surface area contributed by atoms with Gasteiger partial charge in [0.1, 0.15) is 24.1 Å². The van der Waals surface area contributed by atoms with Crippen LogP contribution in [0, 0.1) is 0 Å². The molecule has 3 heterocycles. The van der Waals surface area contributed by atoms with E-state index in [1.807, 2.05) is 36.4 Å². The molecule has 1 fully saturated rings. The highest BCUT2D eigenvalue weighted by Gasteiger charge is 2.28. The van der Waals surface area contributed by atoms with Crippen LogP contribution in [0.15, 0.2) is 48.6 Å². The zero-order chi connectivity index (χ0) is 21.4. The fourth-order valence-electron chi connectivity index (χ4n) is 4.07. The summed E-state index contributed by atoms with van der Waals surface area (Å²) in [7, 11) is 0. The Labute approximate surface area is 184 Å². The van der Waals surface area contributed by atoms with E-state index in [-0.39, 0.29) is 19.0 Å². The van der Waals surface area contributed by atoms with Crippen LogP contribution in [-0.4, -0.2) is 50.0 Å². The van der Waals surface area contributed by atoms with Gasteiger partial charge < -0.3 is 4.90 Å². The summed E-state index contributed by atoms with van der Waals surface area (Å²) < 4.78 is 15.1. The maximum absolute atomic E-state index is 13.6. The number of aromatic nitrogens is 4. The van der Waals surface area contributed by atoms with Crippen LogP contribution in [0.4, 0.5) is 4.39 Å². The molecular weight excluding hydrogens is 417 g/mol. The van der Waals surface area contributed by atoms with Crippen molar-refractivity contribution in [3.05, 3.63) is 59.3 Å². The zero-order valence-corrected chi connectivity index (χ0v) is 17.6. The highest BCUT2D eigenvalue weighted by atomic mass is 35.5. The van der Waals surface area contributed by atoms with E-state index in [9.17, 15) is 9.18 Å². The van der Waals surface area contributed by atoms with Crippen molar-refractivity contribution in [2.75, 3.05) is 13.1 Å². The molecule has 2 aliphatic rings. The first kappa shape index (κ1) is 19.9. The average Bonchev–Trinajstić information content (AvgIpc) is 3.40. The van der Waals surface area contributed by atoms with E-state index < -0.39 is 6.17 Å². The second-order valence-electron chi connectivity index (χ2n) is 7.80. The van der Waals surface area contributed by atoms with Crippen molar-refractivity contribution in [1.29, 1.82) is 0 Å². The van der Waals surface area contributed by atoms with Gasteiger partial charge in [0, 0.05) is 12.1 Å². The van der Waals surface area contributed by atoms with Gasteiger partial charge in [0.25, 0.3) is 0 Å². The van der Waals surface area contributed by atoms with Crippen molar-refractivity contribution >= 4 is 34.1 Å². The molecule has 0 unspecified atom stereocenters. The molecule has 1 atom stereocenters. The smallest absolute Gasteiger partial charge is 0.244 e. The number of hydrogen-bond donors (Lipinski definition) is 0. The Morgan fingerprint density at radius 1 is 1.16 bits per heavy atom. The quantitative estimate of drug-likeness (QED) is 0.605. The van der Waals surface area contributed by atoms with Crippen LogP contribution in [0.1, 0.15) is 25.0 Å². The number of likely N-dealkylation sites (tertiary alicyclic amines) is 1. The lowest BCUT2D eigenvalue weighted by molar-refractivity contribution is -0.131. The molecule has 6 nitrogen and oxygen atoms in total. The second kappa shape index (κ2) is 8.23. The van der Waals surface area contributed by atoms with E-state index >= 15 is 0 Å². The lowest BCUT2D eigenvalue weighted by Crippen LogP contribution is -2.32. The summed E-state index contributed by atoms with van der Waals surface area (Å²) in [6, 6.07) is 9.62. The molecule has 1 aromatic carbocycles. The standard InChI is InChI=1S/C23H21ClFN5O/c24-20-19-21(15-7-3-1-4-8-15)28-30(14-18(31)29-12-11-17(25)13-29)23(19)27-26-22(20)16-9-5-2-6-10-16/h2-3,5-10,17H,1,4,11-14H2/t17-/m1/s1. The van der Waals surface area contributed by atoms with Crippen molar-refractivity contribution in [2.24, 2.45) is 0 Å². The summed E-state index contributed by atoms with van der Waals surface area (Å²) in [6.07, 6.45) is 7.52. The molecule has 158 valence electrons. The lowest BCUT2D eigenvalue weighted by Gasteiger charge is -2.15. The highest BCUT2D eigenvalue weighted by molar-refractivity contribution is 6.38. The predicted octanol–water partition coefficient (Wildman–Crippen LogP) is 4.45. The largest absolute Gasteiger partial charge is 0.338 e. The number of alkyl halides is 1. The minimum atomic E-state index is -0.964. The number of carbonyl (C=O) groups is 1. The molecule has 0 N–H and O–H groups in total. The predicted molar refractivity (Wildman–Crippen MR) is 118 cm³/mol. The number of fused-ring (bicyclic) bond motifs is 1. The van der Waals surface area contributed by atoms with Crippen LogP contribution >= 0.6 is 11.6 Å². The minimum absolute atomic E-state index is 0.0318. The van der Waals surface area contributed by atoms with Crippen LogP contribution in [0.25, 0.3) is 27.9 Å². The Balaban J connectivity index is 1.62. The third-order valence-electron chi connectivity index (χ3n) is 5.68. The molecule has 1 aliphatic heterocycles. The Morgan fingerprint density at radius 2 is 2.00 bits per heavy atom. The van der Waals surface area contributed by atoms with Crippen molar-refractivity contribution < 1.29 is 9.18 Å². The topological polar surface area (TPSA) is 63.9 Å². The van der Waals surface area contributed by atoms with Crippen molar-refractivity contribution in [3.8, 4) is 11.3 Å². The number of benzene rings is 1. The Bertz CT molecular complexity index is 1200. The number of rotatable bonds is 4. The number of allylic oxidation sites excluding steroid dienone is 4. The van der Waals surface area contributed by atoms with Crippen LogP contribution in [0.5, 0.6) is 0 Å². The Hall–Kier alpha value is -3.06. The summed E-state index contributed by atoms with van der Waals surface area (Å²) in [5.41, 5.74) is 3.50. The monoisotopic (exact) mass is 437 g/mol. The summed E-state index contributed by atoms with van der Waals surface area (Å²) in [5.74, 6) is -0.186. The number of nitrogens with zero attached hydrogens (tertiary/aromatic N) is 5. The maximum atomic E-state index is 13.6. The third kappa shape index (κ3) is 3.74. The van der Waals surface area contributed by atoms with Crippen LogP contribution in [-0.2, 0) is 11.3 Å². The molecule has 1 aliphatic carbocycles. The van der Waals surface area contributed by atoms with Gasteiger partial charge in [0.2, 0.25) is 5.91 Å². The van der Waals surface area contributed by atoms with Gasteiger partial charge in [-0.15, -0.1) is 10.2 Å². The van der Waals surface area contributed by atoms with Crippen molar-refractivity contribution in [2.45, 2.75) is 32.0 Å². The fourth-order valence-corrected chi connectivity index (χ4v) is 4.39. The molecule has 0 bridgehead atoms. The highest BCUT2D eigenvalue weighted by Crippen LogP contribution is 2.36. The van der Waals surface area contributed by atoms with E-state index in [1.54, 1.807) is 0 Å². The van der Waals surface area contributed by atoms with E-state index in [4.69, 9.17) is 16.7 Å². The number of halogens is 2. The lowest BCUT2D eigenvalue weighted by atomic mass is 10.0. The molecule has 1 saturated heterocycles. The van der Waals surface area contributed by atoms with E-state index in [0.717, 1.165) is 24.0 Å². The molecule has 0 spiro atoms. The number of amides is 1. The third-order valence-corrected chi connectivity index (χ3v) is 6.05. The molecule has 0 radical (unpaired) electrons. The summed E-state index contributed by atoms with van der Waals surface area (Å²) in [4.78, 5) is 14.3. The van der Waals surface area contributed by atoms with Crippen molar-refractivity contribution in [1.82, 2.24) is 24.9 Å². The van der Waals surface area contributed by atoms with Gasteiger partial charge in [0.05, 0.1) is 17.0 Å². The van der Waals surface area contributed by atoms with Gasteiger partial charge in [0.15, 0.2) is 5.65 Å². The van der Waals surface area contributed by atoms with Gasteiger partial charge in [-0.1, -0.05) is 60.2 Å². The van der Waals surface area contributed by atoms with Gasteiger partial charge in [-0.05, 0) is 24.8 Å². The molecule has 31 heavy (non-hydrogen) atoms. The van der Waals surface area contributed by atoms with Gasteiger partial charge >= 0.3 is 0 Å². The molecular formula is C23H21ClFN5O. The SMILES string of the molecule is O=C(Cn1nc(C2=CCCC=C2)c2c(Cl)c(-c3ccccc3)nnc21)N1CC[C@@H](F)C1. The Kier molecular flexibility index (Phi) is 5.28. The summed E-state index contributed by atoms with van der Waals surface area (Å²) in [5, 5.41) is 14.6. The maximum Gasteiger partial charge on any atom is 0.244 e. The van der Waals surface area contributed by atoms with E-state index in [2.05, 4.69) is 22.3 Å². The van der Waals surface area contributed by atoms with E-state index in [1.165, 1.54) is 9.58 Å². The normalized spacial score (nSPS) is 18.6. The molecule has 1 amide bonds. The van der Waals surface area contributed by atoms with Crippen LogP contribution in [0.3, 0.4) is 0 Å². The molecule has 3 aromatic rings. The molecule has 0 saturated carbocycles. The zero-order valence-electron chi connectivity index (χ0n) is 16.8. The van der Waals surface area contributed by atoms with Gasteiger partial charge in [-0.3, -0.25) is 4.79 Å². The number of hydrogen-bond acceptors (Lipinski definition) is 4. The average molecular weight is 438 g/mol. The fraction of sp³-hybridized carbons (Fsp3) is 0.304. The molecule has 5 rings (SSSR count). The Morgan fingerprint density at radius 3 is 2.71 bits per heavy atom. The first-order valence-corrected chi connectivity index (χ1v) is 10.8. The summed E-state index contributed by atoms with van der Waals surface area (Å²) in [6.45, 7) is 0.518. The summed E-state index contributed by atoms with van der Waals surface area (Å²) >= 11 is 6.84. The molecule has 8 heteroatoms.